The predicted octanol–water partition coefficient (Wildman–Crippen LogP) is 7.59. The molecule has 26 heavy (non-hydrogen) atoms. The normalized spacial score (nSPS) is 10.6. The molecule has 0 radical (unpaired) electrons. The molecule has 4 aromatic rings. The van der Waals surface area contributed by atoms with E-state index in [-0.39, 0.29) is 6.61 Å². The molecule has 0 atom stereocenters. The molecule has 0 heterocycles. The van der Waals surface area contributed by atoms with E-state index in [0.717, 1.165) is 30.6 Å². The van der Waals surface area contributed by atoms with Gasteiger partial charge in [-0.1, -0.05) is 108 Å². The van der Waals surface area contributed by atoms with Crippen LogP contribution in [0.4, 0.5) is 0 Å². The van der Waals surface area contributed by atoms with Gasteiger partial charge >= 0.3 is 0 Å². The van der Waals surface area contributed by atoms with E-state index in [2.05, 4.69) is 84.2 Å². The first-order valence-corrected chi connectivity index (χ1v) is 10.9. The van der Waals surface area contributed by atoms with Gasteiger partial charge in [-0.05, 0) is 44.8 Å². The van der Waals surface area contributed by atoms with Crippen molar-refractivity contribution in [1.29, 1.82) is 0 Å². The highest BCUT2D eigenvalue weighted by Crippen LogP contribution is 2.27. The second-order valence-electron chi connectivity index (χ2n) is 5.80. The van der Waals surface area contributed by atoms with Crippen LogP contribution in [0.1, 0.15) is 11.1 Å². The van der Waals surface area contributed by atoms with Crippen LogP contribution in [0.15, 0.2) is 81.7 Å². The van der Waals surface area contributed by atoms with Gasteiger partial charge in [-0.2, -0.15) is 0 Å². The zero-order valence-electron chi connectivity index (χ0n) is 13.9. The van der Waals surface area contributed by atoms with Crippen LogP contribution in [0.2, 0.25) is 0 Å². The number of aliphatic hydroxyl groups excluding tert-OH is 1. The fraction of sp³-hybridized carbons (Fsp3) is 0.0909. The quantitative estimate of drug-likeness (QED) is 0.262. The lowest BCUT2D eigenvalue weighted by atomic mass is 10.1. The largest absolute Gasteiger partial charge is 0.392 e. The smallest absolute Gasteiger partial charge is 0.0687 e. The Balaban J connectivity index is 0.000000151. The highest BCUT2D eigenvalue weighted by Gasteiger charge is 2.02. The number of hydrogen-bond donors (Lipinski definition) is 1. The summed E-state index contributed by atoms with van der Waals surface area (Å²) < 4.78 is 2.23. The number of alkyl halides is 1. The molecular weight excluding hydrogens is 520 g/mol. The fourth-order valence-electron chi connectivity index (χ4n) is 2.93. The first-order valence-electron chi connectivity index (χ1n) is 8.14. The standard InChI is InChI=1S/C11H8Br2.C11H9BrO/c12-7-8-3-1-5-10-9(8)4-2-6-11(10)13;12-11-6-2-4-9-8(7-13)3-1-5-10(9)11/h1-6H,7H2;1-6,13H,7H2. The van der Waals surface area contributed by atoms with Crippen LogP contribution < -0.4 is 0 Å². The van der Waals surface area contributed by atoms with Crippen molar-refractivity contribution >= 4 is 69.3 Å². The van der Waals surface area contributed by atoms with Crippen molar-refractivity contribution in [2.45, 2.75) is 11.9 Å². The second kappa shape index (κ2) is 9.14. The second-order valence-corrected chi connectivity index (χ2v) is 8.07. The van der Waals surface area contributed by atoms with Crippen molar-refractivity contribution in [3.63, 3.8) is 0 Å². The van der Waals surface area contributed by atoms with Crippen molar-refractivity contribution in [3.8, 4) is 0 Å². The summed E-state index contributed by atoms with van der Waals surface area (Å²) in [7, 11) is 0. The maximum absolute atomic E-state index is 9.11. The van der Waals surface area contributed by atoms with Gasteiger partial charge in [0.1, 0.15) is 0 Å². The van der Waals surface area contributed by atoms with Gasteiger partial charge in [0.15, 0.2) is 0 Å². The number of hydrogen-bond acceptors (Lipinski definition) is 1. The molecule has 0 aliphatic heterocycles. The molecule has 0 fully saturated rings. The molecule has 0 saturated carbocycles. The number of rotatable bonds is 2. The average Bonchev–Trinajstić information content (AvgIpc) is 2.68. The number of aliphatic hydroxyl groups is 1. The highest BCUT2D eigenvalue weighted by molar-refractivity contribution is 9.11. The van der Waals surface area contributed by atoms with Gasteiger partial charge in [-0.25, -0.2) is 0 Å². The Labute approximate surface area is 178 Å². The highest BCUT2D eigenvalue weighted by atomic mass is 79.9. The lowest BCUT2D eigenvalue weighted by Crippen LogP contribution is -1.85. The van der Waals surface area contributed by atoms with Crippen molar-refractivity contribution in [1.82, 2.24) is 0 Å². The van der Waals surface area contributed by atoms with Gasteiger partial charge in [-0.3, -0.25) is 0 Å². The summed E-state index contributed by atoms with van der Waals surface area (Å²) in [5.41, 5.74) is 2.30. The molecule has 1 N–H and O–H groups in total. The Kier molecular flexibility index (Phi) is 6.87. The van der Waals surface area contributed by atoms with Gasteiger partial charge in [0, 0.05) is 14.3 Å². The van der Waals surface area contributed by atoms with Crippen molar-refractivity contribution in [3.05, 3.63) is 92.9 Å². The Morgan fingerprint density at radius 1 is 0.577 bits per heavy atom. The lowest BCUT2D eigenvalue weighted by molar-refractivity contribution is 0.283. The fourth-order valence-corrected chi connectivity index (χ4v) is 4.41. The number of halogens is 3. The summed E-state index contributed by atoms with van der Waals surface area (Å²) >= 11 is 10.5. The Morgan fingerprint density at radius 2 is 1.00 bits per heavy atom. The molecule has 4 aromatic carbocycles. The van der Waals surface area contributed by atoms with E-state index in [1.54, 1.807) is 0 Å². The van der Waals surface area contributed by atoms with Gasteiger partial charge < -0.3 is 5.11 Å². The molecule has 1 nitrogen and oxygen atoms in total. The van der Waals surface area contributed by atoms with Gasteiger partial charge in [0.2, 0.25) is 0 Å². The lowest BCUT2D eigenvalue weighted by Gasteiger charge is -2.04. The maximum atomic E-state index is 9.11. The summed E-state index contributed by atoms with van der Waals surface area (Å²) in [6, 6.07) is 24.6. The number of benzene rings is 4. The van der Waals surface area contributed by atoms with Crippen LogP contribution in [-0.4, -0.2) is 5.11 Å². The molecule has 0 bridgehead atoms. The maximum Gasteiger partial charge on any atom is 0.0687 e. The third-order valence-corrected chi connectivity index (χ3v) is 6.22. The zero-order valence-corrected chi connectivity index (χ0v) is 18.7. The van der Waals surface area contributed by atoms with Crippen LogP contribution in [0.3, 0.4) is 0 Å². The van der Waals surface area contributed by atoms with Crippen molar-refractivity contribution in [2.24, 2.45) is 0 Å². The zero-order chi connectivity index (χ0) is 18.5. The first-order chi connectivity index (χ1) is 12.7. The first kappa shape index (κ1) is 19.6. The van der Waals surface area contributed by atoms with Gasteiger partial charge in [-0.15, -0.1) is 0 Å². The van der Waals surface area contributed by atoms with E-state index >= 15 is 0 Å². The Morgan fingerprint density at radius 3 is 1.50 bits per heavy atom. The topological polar surface area (TPSA) is 20.2 Å². The van der Waals surface area contributed by atoms with Crippen LogP contribution in [-0.2, 0) is 11.9 Å². The number of fused-ring (bicyclic) bond motifs is 2. The molecule has 0 unspecified atom stereocenters. The molecular formula is C22H17Br3O. The van der Waals surface area contributed by atoms with E-state index in [0.29, 0.717) is 0 Å². The monoisotopic (exact) mass is 534 g/mol. The van der Waals surface area contributed by atoms with E-state index in [9.17, 15) is 0 Å². The molecule has 4 rings (SSSR count). The van der Waals surface area contributed by atoms with Crippen LogP contribution in [0.25, 0.3) is 21.5 Å². The molecule has 0 aliphatic rings. The third kappa shape index (κ3) is 4.20. The van der Waals surface area contributed by atoms with E-state index in [1.807, 2.05) is 36.4 Å². The summed E-state index contributed by atoms with van der Waals surface area (Å²) in [5, 5.41) is 14.9. The van der Waals surface area contributed by atoms with Gasteiger partial charge in [0.05, 0.1) is 6.61 Å². The molecule has 0 aromatic heterocycles. The van der Waals surface area contributed by atoms with Gasteiger partial charge in [0.25, 0.3) is 0 Å². The summed E-state index contributed by atoms with van der Waals surface area (Å²) in [6.45, 7) is 0.0911. The third-order valence-electron chi connectivity index (χ3n) is 4.23. The Hall–Kier alpha value is -1.20. The minimum Gasteiger partial charge on any atom is -0.392 e. The summed E-state index contributed by atoms with van der Waals surface area (Å²) in [5.74, 6) is 0. The average molecular weight is 537 g/mol. The van der Waals surface area contributed by atoms with E-state index in [1.165, 1.54) is 16.3 Å². The Bertz CT molecular complexity index is 959. The van der Waals surface area contributed by atoms with Crippen LogP contribution >= 0.6 is 47.8 Å². The minimum atomic E-state index is 0.0911. The molecule has 0 saturated heterocycles. The van der Waals surface area contributed by atoms with E-state index in [4.69, 9.17) is 5.11 Å². The minimum absolute atomic E-state index is 0.0911. The SMILES string of the molecule is BrCc1cccc2c(Br)cccc12.OCc1cccc2c(Br)cccc12. The van der Waals surface area contributed by atoms with Crippen molar-refractivity contribution in [2.75, 3.05) is 0 Å². The molecule has 0 amide bonds. The van der Waals surface area contributed by atoms with Crippen LogP contribution in [0, 0.1) is 0 Å². The predicted molar refractivity (Wildman–Crippen MR) is 122 cm³/mol. The van der Waals surface area contributed by atoms with E-state index < -0.39 is 0 Å². The molecule has 0 spiro atoms. The summed E-state index contributed by atoms with van der Waals surface area (Å²) in [6.07, 6.45) is 0. The molecule has 4 heteroatoms. The van der Waals surface area contributed by atoms with Crippen LogP contribution in [0.5, 0.6) is 0 Å². The molecule has 0 aliphatic carbocycles. The van der Waals surface area contributed by atoms with Crippen molar-refractivity contribution < 1.29 is 5.11 Å². The summed E-state index contributed by atoms with van der Waals surface area (Å²) in [4.78, 5) is 0. The molecule has 132 valence electrons.